The molecule has 0 heterocycles. The van der Waals surface area contributed by atoms with E-state index >= 15 is 0 Å². The van der Waals surface area contributed by atoms with Crippen LogP contribution >= 0.6 is 0 Å². The fourth-order valence-electron chi connectivity index (χ4n) is 1.73. The summed E-state index contributed by atoms with van der Waals surface area (Å²) in [6.07, 6.45) is 0.923. The van der Waals surface area contributed by atoms with E-state index in [0.717, 1.165) is 16.6 Å². The van der Waals surface area contributed by atoms with E-state index in [1.54, 1.807) is 6.92 Å². The van der Waals surface area contributed by atoms with E-state index in [2.05, 4.69) is 4.74 Å². The van der Waals surface area contributed by atoms with Gasteiger partial charge in [0.1, 0.15) is 0 Å². The third-order valence-corrected chi connectivity index (χ3v) is 6.24. The van der Waals surface area contributed by atoms with E-state index in [1.807, 2.05) is 0 Å². The topological polar surface area (TPSA) is 97.8 Å². The minimum Gasteiger partial charge on any atom is -0.469 e. The van der Waals surface area contributed by atoms with Crippen LogP contribution in [-0.2, 0) is 29.4 Å². The number of hydrogen-bond acceptors (Lipinski definition) is 6. The first kappa shape index (κ1) is 18.6. The molecule has 0 aliphatic rings. The van der Waals surface area contributed by atoms with Gasteiger partial charge in [-0.05, 0) is 24.6 Å². The minimum atomic E-state index is -3.90. The van der Waals surface area contributed by atoms with Gasteiger partial charge in [0.15, 0.2) is 9.84 Å². The van der Waals surface area contributed by atoms with E-state index in [1.165, 1.54) is 26.3 Å². The highest BCUT2D eigenvalue weighted by Gasteiger charge is 2.25. The predicted molar refractivity (Wildman–Crippen MR) is 80.7 cm³/mol. The van der Waals surface area contributed by atoms with Crippen molar-refractivity contribution in [3.63, 3.8) is 0 Å². The predicted octanol–water partition coefficient (Wildman–Crippen LogP) is 0.582. The van der Waals surface area contributed by atoms with Gasteiger partial charge < -0.3 is 4.74 Å². The van der Waals surface area contributed by atoms with Crippen LogP contribution in [0.1, 0.15) is 12.0 Å². The highest BCUT2D eigenvalue weighted by atomic mass is 32.2. The van der Waals surface area contributed by atoms with Crippen molar-refractivity contribution >= 4 is 25.8 Å². The molecule has 0 aliphatic carbocycles. The molecular weight excluding hydrogens is 330 g/mol. The lowest BCUT2D eigenvalue weighted by Gasteiger charge is -2.18. The van der Waals surface area contributed by atoms with Crippen molar-refractivity contribution in [2.24, 2.45) is 0 Å². The lowest BCUT2D eigenvalue weighted by Crippen LogP contribution is -2.30. The van der Waals surface area contributed by atoms with Crippen molar-refractivity contribution in [1.82, 2.24) is 4.31 Å². The molecule has 0 aromatic heterocycles. The summed E-state index contributed by atoms with van der Waals surface area (Å²) in [5.41, 5.74) is 0.428. The van der Waals surface area contributed by atoms with Crippen LogP contribution in [0.2, 0.25) is 0 Å². The Kier molecular flexibility index (Phi) is 5.71. The Labute approximate surface area is 130 Å². The molecule has 0 saturated carbocycles. The molecule has 0 radical (unpaired) electrons. The second kappa shape index (κ2) is 6.76. The Morgan fingerprint density at radius 2 is 1.82 bits per heavy atom. The van der Waals surface area contributed by atoms with Crippen LogP contribution in [-0.4, -0.2) is 54.1 Å². The van der Waals surface area contributed by atoms with Gasteiger partial charge in [-0.3, -0.25) is 4.79 Å². The molecule has 0 amide bonds. The number of hydrogen-bond donors (Lipinski definition) is 0. The molecule has 1 aromatic carbocycles. The van der Waals surface area contributed by atoms with Crippen molar-refractivity contribution in [1.29, 1.82) is 0 Å². The fourth-order valence-corrected chi connectivity index (χ4v) is 3.87. The van der Waals surface area contributed by atoms with Crippen molar-refractivity contribution in [2.75, 3.05) is 27.0 Å². The lowest BCUT2D eigenvalue weighted by atomic mass is 10.2. The average molecular weight is 349 g/mol. The third-order valence-electron chi connectivity index (χ3n) is 3.13. The Bertz CT molecular complexity index is 768. The first-order valence-corrected chi connectivity index (χ1v) is 9.67. The van der Waals surface area contributed by atoms with Crippen LogP contribution < -0.4 is 0 Å². The number of methoxy groups -OCH3 is 1. The number of ether oxygens (including phenoxy) is 1. The Balaban J connectivity index is 3.20. The zero-order valence-corrected chi connectivity index (χ0v) is 14.5. The molecule has 124 valence electrons. The van der Waals surface area contributed by atoms with Gasteiger partial charge >= 0.3 is 5.97 Å². The Morgan fingerprint density at radius 3 is 2.32 bits per heavy atom. The number of aryl methyl sites for hydroxylation is 1. The van der Waals surface area contributed by atoms with Crippen LogP contribution in [0.4, 0.5) is 0 Å². The number of benzene rings is 1. The Hall–Kier alpha value is -1.45. The van der Waals surface area contributed by atoms with Gasteiger partial charge in [0.25, 0.3) is 0 Å². The maximum Gasteiger partial charge on any atom is 0.306 e. The van der Waals surface area contributed by atoms with Gasteiger partial charge in [0.05, 0.1) is 23.3 Å². The number of carbonyl (C=O) groups excluding carboxylic acids is 1. The molecule has 0 fully saturated rings. The summed E-state index contributed by atoms with van der Waals surface area (Å²) in [4.78, 5) is 10.9. The molecule has 0 aliphatic heterocycles. The SMILES string of the molecule is COC(=O)CCN(C)S(=O)(=O)c1cc(S(C)(=O)=O)ccc1C. The number of nitrogens with zero attached hydrogens (tertiary/aromatic N) is 1. The van der Waals surface area contributed by atoms with Crippen molar-refractivity contribution in [2.45, 2.75) is 23.1 Å². The molecule has 1 aromatic rings. The lowest BCUT2D eigenvalue weighted by molar-refractivity contribution is -0.140. The highest BCUT2D eigenvalue weighted by molar-refractivity contribution is 7.91. The van der Waals surface area contributed by atoms with E-state index in [9.17, 15) is 21.6 Å². The van der Waals surface area contributed by atoms with Gasteiger partial charge in [-0.1, -0.05) is 6.07 Å². The molecule has 0 unspecified atom stereocenters. The van der Waals surface area contributed by atoms with Crippen molar-refractivity contribution in [3.05, 3.63) is 23.8 Å². The molecule has 0 bridgehead atoms. The van der Waals surface area contributed by atoms with Crippen molar-refractivity contribution in [3.8, 4) is 0 Å². The molecule has 1 rings (SSSR count). The second-order valence-corrected chi connectivity index (χ2v) is 8.88. The van der Waals surface area contributed by atoms with Gasteiger partial charge in [-0.2, -0.15) is 0 Å². The molecule has 0 atom stereocenters. The minimum absolute atomic E-state index is 0.0580. The maximum absolute atomic E-state index is 12.5. The summed E-state index contributed by atoms with van der Waals surface area (Å²) in [5.74, 6) is -0.524. The highest BCUT2D eigenvalue weighted by Crippen LogP contribution is 2.23. The number of esters is 1. The summed E-state index contributed by atoms with van der Waals surface area (Å²) >= 11 is 0. The molecule has 9 heteroatoms. The number of sulfonamides is 1. The van der Waals surface area contributed by atoms with Gasteiger partial charge in [0.2, 0.25) is 10.0 Å². The molecule has 22 heavy (non-hydrogen) atoms. The molecule has 0 N–H and O–H groups in total. The molecule has 0 saturated heterocycles. The largest absolute Gasteiger partial charge is 0.469 e. The van der Waals surface area contributed by atoms with E-state index < -0.39 is 25.8 Å². The zero-order chi connectivity index (χ0) is 17.1. The van der Waals surface area contributed by atoms with E-state index in [4.69, 9.17) is 0 Å². The summed E-state index contributed by atoms with van der Waals surface area (Å²) in [6, 6.07) is 3.93. The van der Waals surface area contributed by atoms with Crippen LogP contribution in [0.3, 0.4) is 0 Å². The van der Waals surface area contributed by atoms with Gasteiger partial charge in [-0.15, -0.1) is 0 Å². The average Bonchev–Trinajstić information content (AvgIpc) is 2.43. The van der Waals surface area contributed by atoms with Crippen LogP contribution in [0.25, 0.3) is 0 Å². The smallest absolute Gasteiger partial charge is 0.306 e. The van der Waals surface area contributed by atoms with E-state index in [0.29, 0.717) is 5.56 Å². The van der Waals surface area contributed by atoms with E-state index in [-0.39, 0.29) is 22.8 Å². The van der Waals surface area contributed by atoms with Crippen LogP contribution in [0.15, 0.2) is 28.0 Å². The summed E-state index contributed by atoms with van der Waals surface area (Å²) in [7, 11) is -4.87. The van der Waals surface area contributed by atoms with Crippen LogP contribution in [0.5, 0.6) is 0 Å². The maximum atomic E-state index is 12.5. The normalized spacial score (nSPS) is 12.4. The molecular formula is C13H19NO6S2. The monoisotopic (exact) mass is 349 g/mol. The van der Waals surface area contributed by atoms with Gasteiger partial charge in [-0.25, -0.2) is 21.1 Å². The second-order valence-electron chi connectivity index (χ2n) is 4.85. The fraction of sp³-hybridized carbons (Fsp3) is 0.462. The van der Waals surface area contributed by atoms with Crippen LogP contribution in [0, 0.1) is 6.92 Å². The summed E-state index contributed by atoms with van der Waals surface area (Å²) in [5, 5.41) is 0. The molecule has 0 spiro atoms. The third kappa shape index (κ3) is 4.28. The number of sulfone groups is 1. The Morgan fingerprint density at radius 1 is 1.23 bits per heavy atom. The number of carbonyl (C=O) groups is 1. The first-order chi connectivity index (χ1) is 10.00. The van der Waals surface area contributed by atoms with Gasteiger partial charge in [0, 0.05) is 19.8 Å². The summed E-state index contributed by atoms with van der Waals surface area (Å²) in [6.45, 7) is 1.52. The molecule has 7 nitrogen and oxygen atoms in total. The quantitative estimate of drug-likeness (QED) is 0.697. The number of rotatable bonds is 6. The zero-order valence-electron chi connectivity index (χ0n) is 12.9. The standard InChI is InChI=1S/C13H19NO6S2/c1-10-5-6-11(21(4,16)17)9-12(10)22(18,19)14(2)8-7-13(15)20-3/h5-6,9H,7-8H2,1-4H3. The summed E-state index contributed by atoms with van der Waals surface area (Å²) < 4.78 is 53.6. The van der Waals surface area contributed by atoms with Crippen molar-refractivity contribution < 1.29 is 26.4 Å². The first-order valence-electron chi connectivity index (χ1n) is 6.34.